The molecule has 3 saturated carbocycles. The molecule has 0 aliphatic heterocycles. The fraction of sp³-hybridized carbons (Fsp3) is 0.586. The lowest BCUT2D eigenvalue weighted by molar-refractivity contribution is -0.191. The molecule has 7 heteroatoms. The van der Waals surface area contributed by atoms with Crippen LogP contribution in [0.1, 0.15) is 69.3 Å². The van der Waals surface area contributed by atoms with Crippen LogP contribution in [-0.2, 0) is 15.7 Å². The average Bonchev–Trinajstić information content (AvgIpc) is 3.09. The quantitative estimate of drug-likeness (QED) is 0.294. The smallest absolute Gasteiger partial charge is 0.416 e. The molecule has 0 aromatic heterocycles. The van der Waals surface area contributed by atoms with Crippen molar-refractivity contribution in [2.75, 3.05) is 0 Å². The third-order valence-corrected chi connectivity index (χ3v) is 9.94. The van der Waals surface area contributed by atoms with Crippen molar-refractivity contribution < 1.29 is 32.6 Å². The first-order chi connectivity index (χ1) is 16.6. The van der Waals surface area contributed by atoms with E-state index in [1.54, 1.807) is 6.08 Å². The van der Waals surface area contributed by atoms with Crippen molar-refractivity contribution >= 4 is 11.8 Å². The van der Waals surface area contributed by atoms with E-state index in [1.165, 1.54) is 12.1 Å². The Bertz CT molecular complexity index is 1110. The Kier molecular flexibility index (Phi) is 6.35. The van der Waals surface area contributed by atoms with E-state index in [0.717, 1.165) is 18.6 Å². The van der Waals surface area contributed by atoms with Crippen LogP contribution in [0.2, 0.25) is 0 Å². The van der Waals surface area contributed by atoms with Crippen LogP contribution in [0.5, 0.6) is 0 Å². The first kappa shape index (κ1) is 26.6. The number of hydrogen-bond acceptors (Lipinski definition) is 4. The maximum absolute atomic E-state index is 13.5. The van der Waals surface area contributed by atoms with Crippen LogP contribution in [0.4, 0.5) is 13.2 Å². The van der Waals surface area contributed by atoms with Crippen molar-refractivity contribution in [3.8, 4) is 0 Å². The van der Waals surface area contributed by atoms with Crippen LogP contribution in [0.25, 0.3) is 0 Å². The molecule has 0 amide bonds. The molecule has 0 saturated heterocycles. The van der Waals surface area contributed by atoms with Gasteiger partial charge in [-0.2, -0.15) is 13.2 Å². The normalized spacial score (nSPS) is 40.7. The van der Waals surface area contributed by atoms with Crippen LogP contribution < -0.4 is 0 Å². The maximum Gasteiger partial charge on any atom is 0.416 e. The van der Waals surface area contributed by atoms with Crippen LogP contribution in [-0.4, -0.2) is 29.1 Å². The summed E-state index contributed by atoms with van der Waals surface area (Å²) in [5.74, 6) is -1.63. The van der Waals surface area contributed by atoms with Gasteiger partial charge < -0.3 is 9.84 Å². The van der Waals surface area contributed by atoms with Gasteiger partial charge in [-0.25, -0.2) is 4.79 Å². The highest BCUT2D eigenvalue weighted by atomic mass is 19.4. The number of benzene rings is 1. The van der Waals surface area contributed by atoms with Gasteiger partial charge >= 0.3 is 12.1 Å². The van der Waals surface area contributed by atoms with Gasteiger partial charge in [0, 0.05) is 22.7 Å². The summed E-state index contributed by atoms with van der Waals surface area (Å²) in [7, 11) is 0. The molecule has 3 aliphatic rings. The van der Waals surface area contributed by atoms with Gasteiger partial charge in [0.15, 0.2) is 5.78 Å². The van der Waals surface area contributed by atoms with E-state index in [-0.39, 0.29) is 29.6 Å². The van der Waals surface area contributed by atoms with Gasteiger partial charge in [-0.05, 0) is 60.8 Å². The Morgan fingerprint density at radius 2 is 1.92 bits per heavy atom. The second kappa shape index (κ2) is 8.57. The van der Waals surface area contributed by atoms with Gasteiger partial charge in [-0.3, -0.25) is 4.79 Å². The number of rotatable bonds is 3. The second-order valence-electron chi connectivity index (χ2n) is 11.7. The molecule has 0 radical (unpaired) electrons. The van der Waals surface area contributed by atoms with Crippen LogP contribution in [0.15, 0.2) is 49.1 Å². The van der Waals surface area contributed by atoms with Crippen molar-refractivity contribution in [1.82, 2.24) is 0 Å². The van der Waals surface area contributed by atoms with Crippen molar-refractivity contribution in [2.24, 2.45) is 34.0 Å². The molecule has 1 aromatic carbocycles. The minimum Gasteiger partial charge on any atom is -0.458 e. The lowest BCUT2D eigenvalue weighted by Crippen LogP contribution is -2.62. The fourth-order valence-electron chi connectivity index (χ4n) is 7.51. The van der Waals surface area contributed by atoms with Gasteiger partial charge in [-0.15, -0.1) is 6.58 Å². The molecular weight excluding hydrogens is 469 g/mol. The monoisotopic (exact) mass is 504 g/mol. The second-order valence-corrected chi connectivity index (χ2v) is 11.7. The Morgan fingerprint density at radius 3 is 2.53 bits per heavy atom. The van der Waals surface area contributed by atoms with Crippen molar-refractivity contribution in [3.05, 3.63) is 60.2 Å². The highest BCUT2D eigenvalue weighted by Crippen LogP contribution is 2.68. The molecule has 2 bridgehead atoms. The molecule has 3 fully saturated rings. The fourth-order valence-corrected chi connectivity index (χ4v) is 7.51. The molecule has 0 heterocycles. The summed E-state index contributed by atoms with van der Waals surface area (Å²) in [6.45, 7) is 15.9. The molecule has 8 atom stereocenters. The highest BCUT2D eigenvalue weighted by Gasteiger charge is 2.68. The summed E-state index contributed by atoms with van der Waals surface area (Å²) < 4.78 is 45.8. The van der Waals surface area contributed by atoms with E-state index in [1.807, 2.05) is 20.8 Å². The highest BCUT2D eigenvalue weighted by molar-refractivity contribution is 6.00. The summed E-state index contributed by atoms with van der Waals surface area (Å²) in [4.78, 5) is 26.8. The number of esters is 1. The zero-order valence-corrected chi connectivity index (χ0v) is 21.3. The number of allylic oxidation sites excluding steroid dienone is 1. The third-order valence-electron chi connectivity index (χ3n) is 9.94. The van der Waals surface area contributed by atoms with Gasteiger partial charge in [0.05, 0.1) is 17.2 Å². The van der Waals surface area contributed by atoms with Gasteiger partial charge in [0.1, 0.15) is 6.10 Å². The summed E-state index contributed by atoms with van der Waals surface area (Å²) in [6, 6.07) is 4.17. The summed E-state index contributed by atoms with van der Waals surface area (Å²) in [5.41, 5.74) is -2.76. The molecule has 4 nitrogen and oxygen atoms in total. The Balaban J connectivity index is 1.81. The first-order valence-electron chi connectivity index (χ1n) is 12.5. The zero-order valence-electron chi connectivity index (χ0n) is 21.3. The van der Waals surface area contributed by atoms with Crippen molar-refractivity contribution in [2.45, 2.75) is 71.8 Å². The zero-order chi connectivity index (χ0) is 26.8. The SMILES string of the molecule is C=C[C@]1(C)C[C@@H](O)[C@]2(C)[C@H](C)CC[C@]3(CC(=C)C(=O)[C@H]32)[C@@H](C)[C@@H]1OC(=O)c1cccc(C(F)(F)F)c1. The molecule has 1 N–H and O–H groups in total. The van der Waals surface area contributed by atoms with E-state index in [2.05, 4.69) is 20.1 Å². The number of carbonyl (C=O) groups excluding carboxylic acids is 2. The number of alkyl halides is 3. The molecule has 0 spiro atoms. The van der Waals surface area contributed by atoms with Crippen molar-refractivity contribution in [1.29, 1.82) is 0 Å². The van der Waals surface area contributed by atoms with Gasteiger partial charge in [0.25, 0.3) is 0 Å². The molecule has 1 aromatic rings. The number of aliphatic hydroxyl groups is 1. The van der Waals surface area contributed by atoms with Gasteiger partial charge in [0.2, 0.25) is 0 Å². The van der Waals surface area contributed by atoms with Crippen LogP contribution in [0, 0.1) is 34.0 Å². The largest absolute Gasteiger partial charge is 0.458 e. The van der Waals surface area contributed by atoms with Crippen molar-refractivity contribution in [3.63, 3.8) is 0 Å². The Labute approximate surface area is 210 Å². The molecule has 196 valence electrons. The maximum atomic E-state index is 13.5. The molecule has 3 aliphatic carbocycles. The lowest BCUT2D eigenvalue weighted by Gasteiger charge is -2.61. The molecular formula is C29H35F3O4. The number of halogens is 3. The number of carbonyl (C=O) groups is 2. The predicted octanol–water partition coefficient (Wildman–Crippen LogP) is 6.39. The van der Waals surface area contributed by atoms with Crippen LogP contribution >= 0.6 is 0 Å². The topological polar surface area (TPSA) is 63.6 Å². The van der Waals surface area contributed by atoms with Gasteiger partial charge in [-0.1, -0.05) is 46.4 Å². The summed E-state index contributed by atoms with van der Waals surface area (Å²) in [5, 5.41) is 11.7. The lowest BCUT2D eigenvalue weighted by atomic mass is 9.44. The molecule has 4 rings (SSSR count). The standard InChI is InChI=1S/C29H35F3O4/c1-7-26(5)15-21(33)27(6)17(3)11-12-28(14-16(2)22(34)23(27)28)18(4)24(26)36-25(35)19-9-8-10-20(13-19)29(30,31)32/h7-10,13,17-18,21,23-24,33H,1-2,11-12,14-15H2,3-6H3/t17-,18+,21-,23+,24+,26-,27+,28+/m1/s1. The van der Waals surface area contributed by atoms with E-state index in [4.69, 9.17) is 4.74 Å². The number of ketones is 1. The number of hydrogen-bond donors (Lipinski definition) is 1. The van der Waals surface area contributed by atoms with E-state index < -0.39 is 52.1 Å². The number of ether oxygens (including phenoxy) is 1. The number of aliphatic hydroxyl groups excluding tert-OH is 1. The minimum atomic E-state index is -4.59. The number of Topliss-reactive ketones (excluding diaryl/α,β-unsaturated/α-hetero) is 1. The van der Waals surface area contributed by atoms with E-state index in [0.29, 0.717) is 18.4 Å². The average molecular weight is 505 g/mol. The Morgan fingerprint density at radius 1 is 1.25 bits per heavy atom. The predicted molar refractivity (Wildman–Crippen MR) is 130 cm³/mol. The molecule has 36 heavy (non-hydrogen) atoms. The summed E-state index contributed by atoms with van der Waals surface area (Å²) in [6.07, 6.45) is -2.46. The third kappa shape index (κ3) is 3.77. The molecule has 0 unspecified atom stereocenters. The summed E-state index contributed by atoms with van der Waals surface area (Å²) >= 11 is 0. The minimum absolute atomic E-state index is 0.0416. The Hall–Kier alpha value is -2.41. The first-order valence-corrected chi connectivity index (χ1v) is 12.5. The van der Waals surface area contributed by atoms with E-state index >= 15 is 0 Å². The van der Waals surface area contributed by atoms with Crippen LogP contribution in [0.3, 0.4) is 0 Å². The van der Waals surface area contributed by atoms with E-state index in [9.17, 15) is 27.9 Å².